The zero-order valence-corrected chi connectivity index (χ0v) is 14.9. The number of aromatic nitrogens is 2. The Hall–Kier alpha value is -3.42. The third-order valence-corrected chi connectivity index (χ3v) is 3.93. The molecular weight excluding hydrogens is 354 g/mol. The minimum Gasteiger partial charge on any atom is -0.324 e. The van der Waals surface area contributed by atoms with Gasteiger partial charge in [-0.3, -0.25) is 9.59 Å². The fraction of sp³-hybridized carbons (Fsp3) is 0.158. The van der Waals surface area contributed by atoms with Crippen molar-refractivity contribution in [2.24, 2.45) is 0 Å². The first-order chi connectivity index (χ1) is 12.7. The molecule has 138 valence electrons. The Morgan fingerprint density at radius 3 is 2.37 bits per heavy atom. The fourth-order valence-corrected chi connectivity index (χ4v) is 2.56. The van der Waals surface area contributed by atoms with Gasteiger partial charge in [0.1, 0.15) is 17.2 Å². The molecule has 3 rings (SSSR count). The van der Waals surface area contributed by atoms with Crippen LogP contribution in [0.4, 0.5) is 20.2 Å². The maximum atomic E-state index is 13.9. The second-order valence-corrected chi connectivity index (χ2v) is 6.05. The molecule has 0 saturated carbocycles. The number of rotatable bonds is 3. The fourth-order valence-electron chi connectivity index (χ4n) is 2.56. The van der Waals surface area contributed by atoms with Gasteiger partial charge in [0.05, 0.1) is 28.2 Å². The second-order valence-electron chi connectivity index (χ2n) is 6.05. The summed E-state index contributed by atoms with van der Waals surface area (Å²) in [5, 5.41) is 4.89. The monoisotopic (exact) mass is 370 g/mol. The molecule has 0 unspecified atom stereocenters. The van der Waals surface area contributed by atoms with Gasteiger partial charge in [-0.1, -0.05) is 0 Å². The van der Waals surface area contributed by atoms with E-state index in [1.54, 1.807) is 13.8 Å². The Labute approximate surface area is 153 Å². The maximum absolute atomic E-state index is 13.9. The molecule has 0 spiro atoms. The van der Waals surface area contributed by atoms with E-state index in [1.165, 1.54) is 25.1 Å². The number of carbonyl (C=O) groups excluding carboxylic acids is 2. The summed E-state index contributed by atoms with van der Waals surface area (Å²) < 4.78 is 27.7. The lowest BCUT2D eigenvalue weighted by Crippen LogP contribution is -2.15. The number of hydrogen-bond donors (Lipinski definition) is 2. The number of halogens is 2. The van der Waals surface area contributed by atoms with Crippen molar-refractivity contribution in [3.05, 3.63) is 58.9 Å². The van der Waals surface area contributed by atoms with Crippen LogP contribution in [-0.4, -0.2) is 21.8 Å². The lowest BCUT2D eigenvalue weighted by atomic mass is 10.1. The minimum atomic E-state index is -0.642. The van der Waals surface area contributed by atoms with E-state index in [0.717, 1.165) is 12.1 Å². The zero-order valence-electron chi connectivity index (χ0n) is 14.9. The molecule has 0 aliphatic rings. The van der Waals surface area contributed by atoms with Crippen molar-refractivity contribution in [3.63, 3.8) is 0 Å². The van der Waals surface area contributed by atoms with E-state index in [9.17, 15) is 18.4 Å². The first kappa shape index (κ1) is 18.4. The standard InChI is InChI=1S/C19H16F2N4O2/c1-9-10(2)23-18-14(6-12(20)7-17(18)22-9)19(27)25-13-4-5-15(21)16(8-13)24-11(3)26/h4-8H,1-3H3,(H,24,26)(H,25,27). The zero-order chi connectivity index (χ0) is 19.7. The molecule has 0 saturated heterocycles. The summed E-state index contributed by atoms with van der Waals surface area (Å²) in [5.74, 6) is -2.34. The molecule has 0 aliphatic carbocycles. The van der Waals surface area contributed by atoms with Crippen LogP contribution in [0.15, 0.2) is 30.3 Å². The number of aryl methyl sites for hydroxylation is 2. The largest absolute Gasteiger partial charge is 0.324 e. The predicted molar refractivity (Wildman–Crippen MR) is 97.6 cm³/mol. The van der Waals surface area contributed by atoms with Gasteiger partial charge in [0.15, 0.2) is 0 Å². The molecule has 0 fully saturated rings. The molecule has 3 aromatic rings. The maximum Gasteiger partial charge on any atom is 0.258 e. The molecule has 1 heterocycles. The summed E-state index contributed by atoms with van der Waals surface area (Å²) >= 11 is 0. The van der Waals surface area contributed by atoms with Crippen LogP contribution < -0.4 is 10.6 Å². The first-order valence-electron chi connectivity index (χ1n) is 8.07. The van der Waals surface area contributed by atoms with Gasteiger partial charge in [0.2, 0.25) is 5.91 Å². The van der Waals surface area contributed by atoms with Crippen molar-refractivity contribution in [1.82, 2.24) is 9.97 Å². The number of nitrogens with zero attached hydrogens (tertiary/aromatic N) is 2. The van der Waals surface area contributed by atoms with E-state index in [0.29, 0.717) is 11.4 Å². The van der Waals surface area contributed by atoms with E-state index < -0.39 is 23.4 Å². The second kappa shape index (κ2) is 7.06. The van der Waals surface area contributed by atoms with Crippen LogP contribution in [0.1, 0.15) is 28.7 Å². The molecule has 8 heteroatoms. The van der Waals surface area contributed by atoms with Gasteiger partial charge < -0.3 is 10.6 Å². The minimum absolute atomic E-state index is 0.00556. The van der Waals surface area contributed by atoms with E-state index in [-0.39, 0.29) is 28.0 Å². The molecule has 1 aromatic heterocycles. The molecule has 0 radical (unpaired) electrons. The predicted octanol–water partition coefficient (Wildman–Crippen LogP) is 3.74. The van der Waals surface area contributed by atoms with Crippen molar-refractivity contribution in [3.8, 4) is 0 Å². The van der Waals surface area contributed by atoms with Gasteiger partial charge >= 0.3 is 0 Å². The summed E-state index contributed by atoms with van der Waals surface area (Å²) in [4.78, 5) is 32.4. The summed E-state index contributed by atoms with van der Waals surface area (Å²) in [6.07, 6.45) is 0. The van der Waals surface area contributed by atoms with E-state index in [4.69, 9.17) is 0 Å². The van der Waals surface area contributed by atoms with Crippen molar-refractivity contribution in [2.45, 2.75) is 20.8 Å². The number of anilines is 2. The van der Waals surface area contributed by atoms with Crippen LogP contribution in [0, 0.1) is 25.5 Å². The molecule has 2 amide bonds. The van der Waals surface area contributed by atoms with E-state index in [1.807, 2.05) is 0 Å². The van der Waals surface area contributed by atoms with Crippen LogP contribution in [-0.2, 0) is 4.79 Å². The number of hydrogen-bond acceptors (Lipinski definition) is 4. The van der Waals surface area contributed by atoms with Crippen molar-refractivity contribution in [1.29, 1.82) is 0 Å². The normalized spacial score (nSPS) is 10.7. The highest BCUT2D eigenvalue weighted by atomic mass is 19.1. The van der Waals surface area contributed by atoms with Crippen molar-refractivity contribution >= 4 is 34.2 Å². The lowest BCUT2D eigenvalue weighted by Gasteiger charge is -2.11. The summed E-state index contributed by atoms with van der Waals surface area (Å²) in [5.41, 5.74) is 1.96. The SMILES string of the molecule is CC(=O)Nc1cc(NC(=O)c2cc(F)cc3nc(C)c(C)nc23)ccc1F. The molecule has 6 nitrogen and oxygen atoms in total. The quantitative estimate of drug-likeness (QED) is 0.736. The van der Waals surface area contributed by atoms with Gasteiger partial charge in [-0.25, -0.2) is 18.7 Å². The van der Waals surface area contributed by atoms with Crippen LogP contribution >= 0.6 is 0 Å². The summed E-state index contributed by atoms with van der Waals surface area (Å²) in [6, 6.07) is 5.99. The summed E-state index contributed by atoms with van der Waals surface area (Å²) in [7, 11) is 0. The lowest BCUT2D eigenvalue weighted by molar-refractivity contribution is -0.114. The Balaban J connectivity index is 1.99. The van der Waals surface area contributed by atoms with Gasteiger partial charge in [-0.2, -0.15) is 0 Å². The van der Waals surface area contributed by atoms with Crippen LogP contribution in [0.2, 0.25) is 0 Å². The van der Waals surface area contributed by atoms with Crippen molar-refractivity contribution < 1.29 is 18.4 Å². The highest BCUT2D eigenvalue weighted by Gasteiger charge is 2.16. The number of carbonyl (C=O) groups is 2. The molecule has 2 N–H and O–H groups in total. The third kappa shape index (κ3) is 3.89. The number of fused-ring (bicyclic) bond motifs is 1. The number of nitrogens with one attached hydrogen (secondary N) is 2. The van der Waals surface area contributed by atoms with Crippen LogP contribution in [0.5, 0.6) is 0 Å². The Morgan fingerprint density at radius 1 is 0.963 bits per heavy atom. The molecule has 0 aliphatic heterocycles. The van der Waals surface area contributed by atoms with E-state index in [2.05, 4.69) is 20.6 Å². The van der Waals surface area contributed by atoms with Gasteiger partial charge in [0.25, 0.3) is 5.91 Å². The van der Waals surface area contributed by atoms with Gasteiger partial charge in [-0.05, 0) is 38.1 Å². The Bertz CT molecular complexity index is 1080. The average molecular weight is 370 g/mol. The first-order valence-corrected chi connectivity index (χ1v) is 8.07. The smallest absolute Gasteiger partial charge is 0.258 e. The molecule has 27 heavy (non-hydrogen) atoms. The average Bonchev–Trinajstić information content (AvgIpc) is 2.58. The summed E-state index contributed by atoms with van der Waals surface area (Å²) in [6.45, 7) is 4.73. The Kier molecular flexibility index (Phi) is 4.81. The molecular formula is C19H16F2N4O2. The Morgan fingerprint density at radius 2 is 1.67 bits per heavy atom. The van der Waals surface area contributed by atoms with Crippen LogP contribution in [0.25, 0.3) is 11.0 Å². The van der Waals surface area contributed by atoms with Gasteiger partial charge in [0, 0.05) is 18.7 Å². The van der Waals surface area contributed by atoms with Crippen LogP contribution in [0.3, 0.4) is 0 Å². The highest BCUT2D eigenvalue weighted by molar-refractivity contribution is 6.11. The number of benzene rings is 2. The van der Waals surface area contributed by atoms with E-state index >= 15 is 0 Å². The topological polar surface area (TPSA) is 84.0 Å². The molecule has 2 aromatic carbocycles. The van der Waals surface area contributed by atoms with Crippen molar-refractivity contribution in [2.75, 3.05) is 10.6 Å². The third-order valence-electron chi connectivity index (χ3n) is 3.93. The van der Waals surface area contributed by atoms with Gasteiger partial charge in [-0.15, -0.1) is 0 Å². The molecule has 0 atom stereocenters. The number of amides is 2. The molecule has 0 bridgehead atoms. The highest BCUT2D eigenvalue weighted by Crippen LogP contribution is 2.23.